The molecule has 1 fully saturated rings. The molecule has 6 rings (SSSR count). The van der Waals surface area contributed by atoms with Crippen molar-refractivity contribution in [2.24, 2.45) is 5.41 Å². The first-order chi connectivity index (χ1) is 20.9. The molecule has 1 saturated heterocycles. The Hall–Kier alpha value is -4.37. The number of fused-ring (bicyclic) bond motifs is 1. The lowest BCUT2D eigenvalue weighted by Crippen LogP contribution is -2.43. The van der Waals surface area contributed by atoms with E-state index in [9.17, 15) is 14.0 Å². The van der Waals surface area contributed by atoms with E-state index < -0.39 is 5.41 Å². The number of amides is 2. The number of aromatic nitrogens is 3. The monoisotopic (exact) mass is 580 g/mol. The molecule has 0 radical (unpaired) electrons. The Balaban J connectivity index is 1.10. The summed E-state index contributed by atoms with van der Waals surface area (Å²) in [6.07, 6.45) is 6.73. The van der Waals surface area contributed by atoms with E-state index in [-0.39, 0.29) is 24.2 Å². The van der Waals surface area contributed by atoms with Crippen LogP contribution in [0.4, 0.5) is 10.1 Å². The number of carbonyl (C=O) groups is 2. The second-order valence-electron chi connectivity index (χ2n) is 11.6. The van der Waals surface area contributed by atoms with E-state index in [1.165, 1.54) is 12.1 Å². The van der Waals surface area contributed by atoms with Crippen molar-refractivity contribution in [2.75, 3.05) is 38.0 Å². The second-order valence-corrected chi connectivity index (χ2v) is 11.6. The van der Waals surface area contributed by atoms with Gasteiger partial charge in [0.05, 0.1) is 17.5 Å². The fourth-order valence-corrected chi connectivity index (χ4v) is 6.26. The Bertz CT molecular complexity index is 1700. The molecule has 0 unspecified atom stereocenters. The number of aryl methyl sites for hydroxylation is 1. The zero-order chi connectivity index (χ0) is 30.0. The average Bonchev–Trinajstić information content (AvgIpc) is 3.66. The number of nitrogens with one attached hydrogen (secondary N) is 2. The SMILES string of the molecule is CCc1cc(-c2n[nH]c3ccc(NC(=O)[C@]4(CC)CCN(CC(=O)N5CC=C(c6cccc(F)c6)CC5)C4)cc23)ccn1. The first-order valence-corrected chi connectivity index (χ1v) is 15.1. The van der Waals surface area contributed by atoms with Gasteiger partial charge in [0.15, 0.2) is 0 Å². The summed E-state index contributed by atoms with van der Waals surface area (Å²) in [6, 6.07) is 16.4. The zero-order valence-electron chi connectivity index (χ0n) is 24.7. The second kappa shape index (κ2) is 12.1. The van der Waals surface area contributed by atoms with E-state index >= 15 is 0 Å². The van der Waals surface area contributed by atoms with Crippen LogP contribution in [0.2, 0.25) is 0 Å². The van der Waals surface area contributed by atoms with Gasteiger partial charge in [-0.25, -0.2) is 4.39 Å². The summed E-state index contributed by atoms with van der Waals surface area (Å²) in [5, 5.41) is 11.7. The molecule has 2 aromatic heterocycles. The van der Waals surface area contributed by atoms with Crippen molar-refractivity contribution in [3.63, 3.8) is 0 Å². The smallest absolute Gasteiger partial charge is 0.237 e. The molecule has 0 bridgehead atoms. The molecule has 4 aromatic rings. The lowest BCUT2D eigenvalue weighted by atomic mass is 9.83. The summed E-state index contributed by atoms with van der Waals surface area (Å²) in [5.74, 6) is -0.217. The van der Waals surface area contributed by atoms with Crippen LogP contribution >= 0.6 is 0 Å². The zero-order valence-corrected chi connectivity index (χ0v) is 24.7. The van der Waals surface area contributed by atoms with E-state index in [1.807, 2.05) is 54.3 Å². The predicted molar refractivity (Wildman–Crippen MR) is 167 cm³/mol. The molecule has 2 aliphatic heterocycles. The molecule has 0 spiro atoms. The highest BCUT2D eigenvalue weighted by Crippen LogP contribution is 2.36. The third-order valence-electron chi connectivity index (χ3n) is 8.98. The number of carbonyl (C=O) groups excluding carboxylic acids is 2. The number of hydrogen-bond donors (Lipinski definition) is 2. The van der Waals surface area contributed by atoms with Crippen molar-refractivity contribution in [2.45, 2.75) is 39.5 Å². The highest BCUT2D eigenvalue weighted by molar-refractivity contribution is 6.00. The van der Waals surface area contributed by atoms with Crippen LogP contribution in [0.5, 0.6) is 0 Å². The largest absolute Gasteiger partial charge is 0.338 e. The van der Waals surface area contributed by atoms with Crippen LogP contribution in [-0.2, 0) is 16.0 Å². The molecule has 0 saturated carbocycles. The number of rotatable bonds is 8. The number of H-pyrrole nitrogens is 1. The van der Waals surface area contributed by atoms with Gasteiger partial charge < -0.3 is 10.2 Å². The van der Waals surface area contributed by atoms with Gasteiger partial charge in [-0.3, -0.25) is 24.6 Å². The Morgan fingerprint density at radius 1 is 1.07 bits per heavy atom. The first-order valence-electron chi connectivity index (χ1n) is 15.1. The Morgan fingerprint density at radius 3 is 2.72 bits per heavy atom. The molecule has 0 aliphatic carbocycles. The molecular formula is C34H37FN6O2. The maximum absolute atomic E-state index is 13.7. The average molecular weight is 581 g/mol. The van der Waals surface area contributed by atoms with Gasteiger partial charge in [0.1, 0.15) is 11.5 Å². The van der Waals surface area contributed by atoms with Crippen molar-refractivity contribution < 1.29 is 14.0 Å². The first kappa shape index (κ1) is 28.7. The molecular weight excluding hydrogens is 543 g/mol. The molecule has 2 aromatic carbocycles. The molecule has 1 atom stereocenters. The number of hydrogen-bond acceptors (Lipinski definition) is 5. The summed E-state index contributed by atoms with van der Waals surface area (Å²) in [4.78, 5) is 35.2. The fourth-order valence-electron chi connectivity index (χ4n) is 6.26. The van der Waals surface area contributed by atoms with Crippen molar-refractivity contribution in [1.82, 2.24) is 25.0 Å². The molecule has 2 aliphatic rings. The van der Waals surface area contributed by atoms with E-state index in [4.69, 9.17) is 0 Å². The molecule has 2 amide bonds. The van der Waals surface area contributed by atoms with Crippen molar-refractivity contribution in [3.8, 4) is 11.3 Å². The third-order valence-corrected chi connectivity index (χ3v) is 8.98. The summed E-state index contributed by atoms with van der Waals surface area (Å²) in [7, 11) is 0. The van der Waals surface area contributed by atoms with Gasteiger partial charge in [0, 0.05) is 48.2 Å². The third kappa shape index (κ3) is 5.95. The van der Waals surface area contributed by atoms with E-state index in [0.29, 0.717) is 45.4 Å². The summed E-state index contributed by atoms with van der Waals surface area (Å²) in [6.45, 7) is 6.74. The number of anilines is 1. The fraction of sp³-hybridized carbons (Fsp3) is 0.353. The minimum atomic E-state index is -0.568. The summed E-state index contributed by atoms with van der Waals surface area (Å²) in [5.41, 5.74) is 5.80. The van der Waals surface area contributed by atoms with Gasteiger partial charge in [-0.15, -0.1) is 0 Å². The van der Waals surface area contributed by atoms with E-state index in [1.54, 1.807) is 12.3 Å². The number of likely N-dealkylation sites (tertiary alicyclic amines) is 1. The topological polar surface area (TPSA) is 94.2 Å². The normalized spacial score (nSPS) is 19.0. The lowest BCUT2D eigenvalue weighted by Gasteiger charge is -2.30. The molecule has 9 heteroatoms. The molecule has 2 N–H and O–H groups in total. The minimum Gasteiger partial charge on any atom is -0.338 e. The van der Waals surface area contributed by atoms with E-state index in [2.05, 4.69) is 32.3 Å². The number of nitrogens with zero attached hydrogens (tertiary/aromatic N) is 4. The highest BCUT2D eigenvalue weighted by atomic mass is 19.1. The van der Waals surface area contributed by atoms with Crippen molar-refractivity contribution >= 4 is 34.0 Å². The Kier molecular flexibility index (Phi) is 8.08. The summed E-state index contributed by atoms with van der Waals surface area (Å²) >= 11 is 0. The number of halogens is 1. The van der Waals surface area contributed by atoms with Crippen LogP contribution in [0, 0.1) is 11.2 Å². The van der Waals surface area contributed by atoms with Crippen LogP contribution in [0.25, 0.3) is 27.7 Å². The maximum atomic E-state index is 13.7. The molecule has 222 valence electrons. The highest BCUT2D eigenvalue weighted by Gasteiger charge is 2.43. The number of benzene rings is 2. The van der Waals surface area contributed by atoms with Crippen LogP contribution in [0.15, 0.2) is 66.9 Å². The van der Waals surface area contributed by atoms with Gasteiger partial charge in [0.25, 0.3) is 0 Å². The molecule has 43 heavy (non-hydrogen) atoms. The number of aromatic amines is 1. The van der Waals surface area contributed by atoms with Gasteiger partial charge in [-0.2, -0.15) is 5.10 Å². The van der Waals surface area contributed by atoms with E-state index in [0.717, 1.165) is 51.1 Å². The standard InChI is InChI=1S/C34H37FN6O2/c1-3-27-19-25(10-14-36-27)32-29-20-28(8-9-30(29)38-39-32)37-33(43)34(4-2)13-17-40(22-34)21-31(42)41-15-11-23(12-16-41)24-6-5-7-26(35)18-24/h5-11,14,18-20H,3-4,12-13,15-17,21-22H2,1-2H3,(H,37,43)(H,38,39)/t34-/m1/s1. The summed E-state index contributed by atoms with van der Waals surface area (Å²) < 4.78 is 13.6. The number of pyridine rings is 1. The lowest BCUT2D eigenvalue weighted by molar-refractivity contribution is -0.132. The van der Waals surface area contributed by atoms with Crippen LogP contribution in [-0.4, -0.2) is 69.5 Å². The quantitative estimate of drug-likeness (QED) is 0.280. The van der Waals surface area contributed by atoms with Gasteiger partial charge in [-0.1, -0.05) is 32.1 Å². The van der Waals surface area contributed by atoms with Crippen LogP contribution in [0.1, 0.15) is 44.4 Å². The molecule has 8 nitrogen and oxygen atoms in total. The minimum absolute atomic E-state index is 0.0211. The molecule has 4 heterocycles. The Morgan fingerprint density at radius 2 is 1.95 bits per heavy atom. The van der Waals surface area contributed by atoms with Crippen LogP contribution in [0.3, 0.4) is 0 Å². The van der Waals surface area contributed by atoms with Gasteiger partial charge >= 0.3 is 0 Å². The van der Waals surface area contributed by atoms with Gasteiger partial charge in [0.2, 0.25) is 11.8 Å². The maximum Gasteiger partial charge on any atom is 0.237 e. The Labute approximate surface area is 251 Å². The predicted octanol–water partition coefficient (Wildman–Crippen LogP) is 5.68. The van der Waals surface area contributed by atoms with Crippen molar-refractivity contribution in [1.29, 1.82) is 0 Å². The van der Waals surface area contributed by atoms with Gasteiger partial charge in [-0.05, 0) is 85.8 Å². The van der Waals surface area contributed by atoms with Crippen LogP contribution < -0.4 is 5.32 Å². The van der Waals surface area contributed by atoms with Crippen molar-refractivity contribution in [3.05, 3.63) is 83.9 Å².